The number of amides is 1. The smallest absolute Gasteiger partial charge is 0.258 e. The predicted molar refractivity (Wildman–Crippen MR) is 142 cm³/mol. The molecular weight excluding hydrogens is 466 g/mol. The fraction of sp³-hybridized carbons (Fsp3) is 0.0741. The van der Waals surface area contributed by atoms with Crippen LogP contribution in [0.15, 0.2) is 77.2 Å². The Balaban J connectivity index is 1.34. The summed E-state index contributed by atoms with van der Waals surface area (Å²) >= 11 is 11.6. The number of thiocarbonyl (C=S) groups is 1. The summed E-state index contributed by atoms with van der Waals surface area (Å²) in [7, 11) is 0. The minimum Gasteiger partial charge on any atom is -0.436 e. The molecule has 1 aromatic heterocycles. The van der Waals surface area contributed by atoms with E-state index in [0.717, 1.165) is 16.3 Å². The maximum Gasteiger partial charge on any atom is 0.258 e. The second kappa shape index (κ2) is 8.89. The summed E-state index contributed by atoms with van der Waals surface area (Å²) in [5.74, 6) is 0.241. The Bertz CT molecular complexity index is 1590. The summed E-state index contributed by atoms with van der Waals surface area (Å²) < 4.78 is 5.93. The number of carbonyl (C=O) groups is 1. The average Bonchev–Trinajstić information content (AvgIpc) is 3.24. The van der Waals surface area contributed by atoms with Gasteiger partial charge in [0.05, 0.1) is 0 Å². The highest BCUT2D eigenvalue weighted by molar-refractivity contribution is 7.80. The molecule has 0 fully saturated rings. The predicted octanol–water partition coefficient (Wildman–Crippen LogP) is 7.05. The molecule has 5 nitrogen and oxygen atoms in total. The fourth-order valence-corrected chi connectivity index (χ4v) is 4.25. The first-order valence-electron chi connectivity index (χ1n) is 10.7. The number of hydrogen-bond acceptors (Lipinski definition) is 4. The highest BCUT2D eigenvalue weighted by atomic mass is 35.5. The van der Waals surface area contributed by atoms with Crippen LogP contribution in [-0.2, 0) is 0 Å². The molecule has 4 aromatic carbocycles. The van der Waals surface area contributed by atoms with Crippen molar-refractivity contribution in [1.29, 1.82) is 0 Å². The number of benzene rings is 4. The lowest BCUT2D eigenvalue weighted by atomic mass is 10.0. The second-order valence-electron chi connectivity index (χ2n) is 8.05. The van der Waals surface area contributed by atoms with Crippen LogP contribution in [0.1, 0.15) is 21.5 Å². The van der Waals surface area contributed by atoms with Crippen LogP contribution >= 0.6 is 23.8 Å². The van der Waals surface area contributed by atoms with Crippen LogP contribution in [0.25, 0.3) is 33.3 Å². The molecule has 0 unspecified atom stereocenters. The molecule has 34 heavy (non-hydrogen) atoms. The van der Waals surface area contributed by atoms with E-state index in [0.29, 0.717) is 33.3 Å². The SMILES string of the molecule is Cc1ccc(-c2nc3cc(NC(=S)NC(=O)c4cccc5c(Cl)cccc45)ccc3o2)cc1C. The van der Waals surface area contributed by atoms with Gasteiger partial charge in [-0.05, 0) is 85.0 Å². The summed E-state index contributed by atoms with van der Waals surface area (Å²) in [5.41, 5.74) is 5.86. The van der Waals surface area contributed by atoms with Gasteiger partial charge in [0.15, 0.2) is 10.7 Å². The van der Waals surface area contributed by atoms with Crippen LogP contribution in [0.4, 0.5) is 5.69 Å². The van der Waals surface area contributed by atoms with Crippen LogP contribution in [0.3, 0.4) is 0 Å². The topological polar surface area (TPSA) is 67.2 Å². The fourth-order valence-electron chi connectivity index (χ4n) is 3.81. The normalized spacial score (nSPS) is 11.0. The standard InChI is InChI=1S/C27H20ClN3O2S/c1-15-9-10-17(13-16(15)2)26-30-23-14-18(11-12-24(23)33-26)29-27(34)31-25(32)21-7-3-6-20-19(21)5-4-8-22(20)28/h3-14H,1-2H3,(H2,29,31,32,34). The molecule has 5 aromatic rings. The van der Waals surface area contributed by atoms with Gasteiger partial charge in [0.1, 0.15) is 5.52 Å². The first kappa shape index (κ1) is 22.1. The average molecular weight is 486 g/mol. The molecular formula is C27H20ClN3O2S. The Hall–Kier alpha value is -3.74. The van der Waals surface area contributed by atoms with Gasteiger partial charge in [-0.1, -0.05) is 41.9 Å². The third kappa shape index (κ3) is 4.25. The Morgan fingerprint density at radius 3 is 2.56 bits per heavy atom. The van der Waals surface area contributed by atoms with E-state index in [9.17, 15) is 4.79 Å². The first-order chi connectivity index (χ1) is 16.4. The number of aromatic nitrogens is 1. The number of fused-ring (bicyclic) bond motifs is 2. The van der Waals surface area contributed by atoms with E-state index in [2.05, 4.69) is 41.6 Å². The van der Waals surface area contributed by atoms with E-state index in [1.165, 1.54) is 11.1 Å². The minimum atomic E-state index is -0.315. The molecule has 2 N–H and O–H groups in total. The minimum absolute atomic E-state index is 0.182. The van der Waals surface area contributed by atoms with Crippen molar-refractivity contribution < 1.29 is 9.21 Å². The Morgan fingerprint density at radius 2 is 1.74 bits per heavy atom. The molecule has 0 saturated carbocycles. The lowest BCUT2D eigenvalue weighted by Gasteiger charge is -2.11. The Labute approximate surface area is 206 Å². The van der Waals surface area contributed by atoms with Gasteiger partial charge in [-0.3, -0.25) is 10.1 Å². The quantitative estimate of drug-likeness (QED) is 0.268. The van der Waals surface area contributed by atoms with E-state index in [4.69, 9.17) is 28.2 Å². The van der Waals surface area contributed by atoms with Crippen LogP contribution in [0.2, 0.25) is 5.02 Å². The number of nitrogens with one attached hydrogen (secondary N) is 2. The van der Waals surface area contributed by atoms with E-state index >= 15 is 0 Å². The summed E-state index contributed by atoms with van der Waals surface area (Å²) in [4.78, 5) is 17.5. The van der Waals surface area contributed by atoms with Crippen molar-refractivity contribution in [3.8, 4) is 11.5 Å². The van der Waals surface area contributed by atoms with E-state index < -0.39 is 0 Å². The molecule has 0 bridgehead atoms. The van der Waals surface area contributed by atoms with Crippen LogP contribution in [0.5, 0.6) is 0 Å². The van der Waals surface area contributed by atoms with Gasteiger partial charge in [-0.25, -0.2) is 4.98 Å². The number of rotatable bonds is 3. The van der Waals surface area contributed by atoms with Crippen molar-refractivity contribution in [3.05, 3.63) is 94.5 Å². The summed E-state index contributed by atoms with van der Waals surface area (Å²) in [6, 6.07) is 22.5. The zero-order valence-corrected chi connectivity index (χ0v) is 20.1. The van der Waals surface area contributed by atoms with Crippen LogP contribution < -0.4 is 10.6 Å². The molecule has 0 aliphatic heterocycles. The van der Waals surface area contributed by atoms with Gasteiger partial charge in [-0.2, -0.15) is 0 Å². The Kier molecular flexibility index (Phi) is 5.77. The molecule has 0 spiro atoms. The van der Waals surface area contributed by atoms with Crippen molar-refractivity contribution in [2.45, 2.75) is 13.8 Å². The molecule has 5 rings (SSSR count). The number of hydrogen-bond donors (Lipinski definition) is 2. The van der Waals surface area contributed by atoms with Crippen LogP contribution in [-0.4, -0.2) is 16.0 Å². The van der Waals surface area contributed by atoms with Crippen molar-refractivity contribution in [3.63, 3.8) is 0 Å². The van der Waals surface area contributed by atoms with Crippen molar-refractivity contribution in [1.82, 2.24) is 10.3 Å². The summed E-state index contributed by atoms with van der Waals surface area (Å²) in [6.45, 7) is 4.13. The van der Waals surface area contributed by atoms with E-state index in [1.54, 1.807) is 18.2 Å². The molecule has 0 saturated heterocycles. The molecule has 0 aliphatic rings. The molecule has 7 heteroatoms. The van der Waals surface area contributed by atoms with E-state index in [1.807, 2.05) is 42.5 Å². The zero-order chi connectivity index (χ0) is 23.8. The highest BCUT2D eigenvalue weighted by Gasteiger charge is 2.14. The Morgan fingerprint density at radius 1 is 0.941 bits per heavy atom. The monoisotopic (exact) mass is 485 g/mol. The highest BCUT2D eigenvalue weighted by Crippen LogP contribution is 2.28. The second-order valence-corrected chi connectivity index (χ2v) is 8.86. The third-order valence-corrected chi connectivity index (χ3v) is 6.27. The number of nitrogens with zero attached hydrogens (tertiary/aromatic N) is 1. The zero-order valence-electron chi connectivity index (χ0n) is 18.5. The third-order valence-electron chi connectivity index (χ3n) is 5.74. The number of aryl methyl sites for hydroxylation is 2. The lowest BCUT2D eigenvalue weighted by Crippen LogP contribution is -2.34. The van der Waals surface area contributed by atoms with Crippen molar-refractivity contribution >= 4 is 62.4 Å². The number of carbonyl (C=O) groups excluding carboxylic acids is 1. The van der Waals surface area contributed by atoms with Crippen LogP contribution in [0, 0.1) is 13.8 Å². The summed E-state index contributed by atoms with van der Waals surface area (Å²) in [5, 5.41) is 8.14. The number of halogens is 1. The maximum absolute atomic E-state index is 12.9. The number of anilines is 1. The van der Waals surface area contributed by atoms with Crippen molar-refractivity contribution in [2.24, 2.45) is 0 Å². The van der Waals surface area contributed by atoms with Gasteiger partial charge in [0.2, 0.25) is 5.89 Å². The van der Waals surface area contributed by atoms with E-state index in [-0.39, 0.29) is 11.0 Å². The lowest BCUT2D eigenvalue weighted by molar-refractivity contribution is 0.0979. The van der Waals surface area contributed by atoms with Gasteiger partial charge in [0.25, 0.3) is 5.91 Å². The van der Waals surface area contributed by atoms with Gasteiger partial charge >= 0.3 is 0 Å². The molecule has 0 atom stereocenters. The molecule has 1 heterocycles. The molecule has 1 amide bonds. The molecule has 168 valence electrons. The van der Waals surface area contributed by atoms with Gasteiger partial charge in [0, 0.05) is 27.2 Å². The van der Waals surface area contributed by atoms with Gasteiger partial charge < -0.3 is 9.73 Å². The molecule has 0 radical (unpaired) electrons. The molecule has 0 aliphatic carbocycles. The first-order valence-corrected chi connectivity index (χ1v) is 11.5. The van der Waals surface area contributed by atoms with Crippen molar-refractivity contribution in [2.75, 3.05) is 5.32 Å². The largest absolute Gasteiger partial charge is 0.436 e. The number of oxazole rings is 1. The summed E-state index contributed by atoms with van der Waals surface area (Å²) in [6.07, 6.45) is 0. The van der Waals surface area contributed by atoms with Gasteiger partial charge in [-0.15, -0.1) is 0 Å². The maximum atomic E-state index is 12.9.